The minimum absolute atomic E-state index is 0.0446. The molecule has 1 rings (SSSR count). The van der Waals surface area contributed by atoms with Crippen molar-refractivity contribution in [3.05, 3.63) is 29.8 Å². The minimum Gasteiger partial charge on any atom is -0.494 e. The number of rotatable bonds is 5. The average Bonchev–Trinajstić information content (AvgIpc) is 2.20. The van der Waals surface area contributed by atoms with Crippen LogP contribution in [0, 0.1) is 0 Å². The molecule has 0 aliphatic rings. The molecular formula is C11H15NO2. The topological polar surface area (TPSA) is 38.3 Å². The second-order valence-corrected chi connectivity index (χ2v) is 3.01. The van der Waals surface area contributed by atoms with Gasteiger partial charge < -0.3 is 10.1 Å². The average molecular weight is 193 g/mol. The highest BCUT2D eigenvalue weighted by Gasteiger charge is 2.02. The molecule has 1 aromatic rings. The summed E-state index contributed by atoms with van der Waals surface area (Å²) in [6, 6.07) is 7.75. The maximum absolute atomic E-state index is 10.2. The summed E-state index contributed by atoms with van der Waals surface area (Å²) in [5, 5.41) is 2.69. The fourth-order valence-electron chi connectivity index (χ4n) is 1.22. The lowest BCUT2D eigenvalue weighted by Gasteiger charge is -2.11. The van der Waals surface area contributed by atoms with Crippen LogP contribution in [0.4, 0.5) is 0 Å². The van der Waals surface area contributed by atoms with Gasteiger partial charge in [-0.3, -0.25) is 4.79 Å². The number of ether oxygens (including phenoxy) is 1. The van der Waals surface area contributed by atoms with Crippen molar-refractivity contribution in [1.82, 2.24) is 5.32 Å². The second-order valence-electron chi connectivity index (χ2n) is 3.01. The molecule has 1 aromatic carbocycles. The molecule has 1 amide bonds. The van der Waals surface area contributed by atoms with Gasteiger partial charge in [0.2, 0.25) is 6.41 Å². The van der Waals surface area contributed by atoms with E-state index < -0.39 is 0 Å². The highest BCUT2D eigenvalue weighted by molar-refractivity contribution is 5.47. The molecule has 1 atom stereocenters. The summed E-state index contributed by atoms with van der Waals surface area (Å²) < 4.78 is 5.31. The number of hydrogen-bond acceptors (Lipinski definition) is 2. The molecule has 0 saturated heterocycles. The van der Waals surface area contributed by atoms with Crippen molar-refractivity contribution in [2.24, 2.45) is 0 Å². The van der Waals surface area contributed by atoms with Crippen LogP contribution in [0.5, 0.6) is 5.75 Å². The van der Waals surface area contributed by atoms with E-state index in [9.17, 15) is 4.79 Å². The predicted octanol–water partition coefficient (Wildman–Crippen LogP) is 1.89. The Morgan fingerprint density at radius 3 is 2.57 bits per heavy atom. The van der Waals surface area contributed by atoms with Gasteiger partial charge in [-0.2, -0.15) is 0 Å². The molecule has 0 unspecified atom stereocenters. The maximum Gasteiger partial charge on any atom is 0.207 e. The van der Waals surface area contributed by atoms with Crippen LogP contribution >= 0.6 is 0 Å². The SMILES string of the molecule is CCOc1ccc([C@H](C)NC=O)cc1. The highest BCUT2D eigenvalue weighted by atomic mass is 16.5. The van der Waals surface area contributed by atoms with Crippen LogP contribution in [0.3, 0.4) is 0 Å². The van der Waals surface area contributed by atoms with Gasteiger partial charge >= 0.3 is 0 Å². The molecule has 1 N–H and O–H groups in total. The molecule has 0 aliphatic heterocycles. The van der Waals surface area contributed by atoms with Gasteiger partial charge in [0.25, 0.3) is 0 Å². The maximum atomic E-state index is 10.2. The molecule has 3 nitrogen and oxygen atoms in total. The summed E-state index contributed by atoms with van der Waals surface area (Å²) in [5.74, 6) is 0.856. The summed E-state index contributed by atoms with van der Waals surface area (Å²) in [6.07, 6.45) is 0.709. The number of nitrogens with one attached hydrogen (secondary N) is 1. The van der Waals surface area contributed by atoms with Gasteiger partial charge in [-0.15, -0.1) is 0 Å². The lowest BCUT2D eigenvalue weighted by molar-refractivity contribution is -0.110. The summed E-state index contributed by atoms with van der Waals surface area (Å²) in [6.45, 7) is 4.55. The molecular weight excluding hydrogens is 178 g/mol. The molecule has 14 heavy (non-hydrogen) atoms. The van der Waals surface area contributed by atoms with E-state index in [1.165, 1.54) is 0 Å². The largest absolute Gasteiger partial charge is 0.494 e. The zero-order chi connectivity index (χ0) is 10.4. The zero-order valence-electron chi connectivity index (χ0n) is 8.49. The molecule has 0 bridgehead atoms. The second kappa shape index (κ2) is 5.27. The van der Waals surface area contributed by atoms with E-state index in [0.717, 1.165) is 11.3 Å². The Balaban J connectivity index is 2.67. The highest BCUT2D eigenvalue weighted by Crippen LogP contribution is 2.16. The van der Waals surface area contributed by atoms with Crippen molar-refractivity contribution < 1.29 is 9.53 Å². The Hall–Kier alpha value is -1.51. The smallest absolute Gasteiger partial charge is 0.207 e. The number of amides is 1. The van der Waals surface area contributed by atoms with E-state index in [0.29, 0.717) is 13.0 Å². The van der Waals surface area contributed by atoms with Gasteiger partial charge in [-0.25, -0.2) is 0 Å². The van der Waals surface area contributed by atoms with Crippen LogP contribution in [0.2, 0.25) is 0 Å². The van der Waals surface area contributed by atoms with E-state index in [4.69, 9.17) is 4.74 Å². The Kier molecular flexibility index (Phi) is 3.98. The van der Waals surface area contributed by atoms with Crippen LogP contribution in [-0.2, 0) is 4.79 Å². The first kappa shape index (κ1) is 10.6. The van der Waals surface area contributed by atoms with Gasteiger partial charge in [-0.05, 0) is 31.5 Å². The number of benzene rings is 1. The molecule has 0 aliphatic carbocycles. The Morgan fingerprint density at radius 2 is 2.07 bits per heavy atom. The van der Waals surface area contributed by atoms with Crippen LogP contribution in [0.25, 0.3) is 0 Å². The summed E-state index contributed by atoms with van der Waals surface area (Å²) in [5.41, 5.74) is 1.07. The summed E-state index contributed by atoms with van der Waals surface area (Å²) in [7, 11) is 0. The molecule has 76 valence electrons. The first-order valence-electron chi connectivity index (χ1n) is 4.70. The Bertz CT molecular complexity index is 282. The first-order chi connectivity index (χ1) is 6.77. The fraction of sp³-hybridized carbons (Fsp3) is 0.364. The van der Waals surface area contributed by atoms with Crippen molar-refractivity contribution >= 4 is 6.41 Å². The van der Waals surface area contributed by atoms with Crippen molar-refractivity contribution in [3.8, 4) is 5.75 Å². The third-order valence-electron chi connectivity index (χ3n) is 2.01. The van der Waals surface area contributed by atoms with Crippen molar-refractivity contribution in [1.29, 1.82) is 0 Å². The normalized spacial score (nSPS) is 11.9. The molecule has 0 aromatic heterocycles. The molecule has 0 fully saturated rings. The Labute approximate surface area is 84.1 Å². The zero-order valence-corrected chi connectivity index (χ0v) is 8.49. The van der Waals surface area contributed by atoms with E-state index in [1.54, 1.807) is 0 Å². The van der Waals surface area contributed by atoms with E-state index >= 15 is 0 Å². The van der Waals surface area contributed by atoms with Gasteiger partial charge in [-0.1, -0.05) is 12.1 Å². The van der Waals surface area contributed by atoms with Crippen LogP contribution < -0.4 is 10.1 Å². The van der Waals surface area contributed by atoms with E-state index in [-0.39, 0.29) is 6.04 Å². The van der Waals surface area contributed by atoms with Crippen LogP contribution in [0.15, 0.2) is 24.3 Å². The van der Waals surface area contributed by atoms with Gasteiger partial charge in [0.1, 0.15) is 5.75 Å². The van der Waals surface area contributed by atoms with E-state index in [1.807, 2.05) is 38.1 Å². The quantitative estimate of drug-likeness (QED) is 0.725. The number of carbonyl (C=O) groups excluding carboxylic acids is 1. The fourth-order valence-corrected chi connectivity index (χ4v) is 1.22. The molecule has 0 heterocycles. The van der Waals surface area contributed by atoms with Gasteiger partial charge in [0, 0.05) is 0 Å². The summed E-state index contributed by atoms with van der Waals surface area (Å²) >= 11 is 0. The molecule has 0 saturated carbocycles. The number of carbonyl (C=O) groups is 1. The third kappa shape index (κ3) is 2.76. The lowest BCUT2D eigenvalue weighted by atomic mass is 10.1. The van der Waals surface area contributed by atoms with E-state index in [2.05, 4.69) is 5.32 Å². The van der Waals surface area contributed by atoms with Crippen molar-refractivity contribution in [3.63, 3.8) is 0 Å². The van der Waals surface area contributed by atoms with Crippen LogP contribution in [-0.4, -0.2) is 13.0 Å². The lowest BCUT2D eigenvalue weighted by Crippen LogP contribution is -2.15. The van der Waals surface area contributed by atoms with Crippen LogP contribution in [0.1, 0.15) is 25.5 Å². The number of hydrogen-bond donors (Lipinski definition) is 1. The van der Waals surface area contributed by atoms with Gasteiger partial charge in [0.05, 0.1) is 12.6 Å². The molecule has 0 spiro atoms. The molecule has 3 heteroatoms. The predicted molar refractivity (Wildman–Crippen MR) is 55.2 cm³/mol. The standard InChI is InChI=1S/C11H15NO2/c1-3-14-11-6-4-10(5-7-11)9(2)12-8-13/h4-9H,3H2,1-2H3,(H,12,13)/t9-/m0/s1. The third-order valence-corrected chi connectivity index (χ3v) is 2.01. The van der Waals surface area contributed by atoms with Crippen molar-refractivity contribution in [2.45, 2.75) is 19.9 Å². The monoisotopic (exact) mass is 193 g/mol. The van der Waals surface area contributed by atoms with Crippen molar-refractivity contribution in [2.75, 3.05) is 6.61 Å². The molecule has 0 radical (unpaired) electrons. The first-order valence-corrected chi connectivity index (χ1v) is 4.70. The Morgan fingerprint density at radius 1 is 1.43 bits per heavy atom. The van der Waals surface area contributed by atoms with Gasteiger partial charge in [0.15, 0.2) is 0 Å². The summed E-state index contributed by atoms with van der Waals surface area (Å²) in [4.78, 5) is 10.2. The minimum atomic E-state index is 0.0446.